The minimum Gasteiger partial charge on any atom is -0.499 e. The molecule has 0 aliphatic heterocycles. The summed E-state index contributed by atoms with van der Waals surface area (Å²) in [5, 5.41) is 3.19. The second kappa shape index (κ2) is 9.72. The summed E-state index contributed by atoms with van der Waals surface area (Å²) in [6.07, 6.45) is 5.50. The van der Waals surface area contributed by atoms with Crippen LogP contribution in [0.5, 0.6) is 0 Å². The van der Waals surface area contributed by atoms with Crippen molar-refractivity contribution in [1.82, 2.24) is 5.32 Å². The molecule has 0 aliphatic carbocycles. The van der Waals surface area contributed by atoms with Crippen LogP contribution in [0.3, 0.4) is 0 Å². The average molecular weight is 281 g/mol. The van der Waals surface area contributed by atoms with Crippen LogP contribution in [0.4, 0.5) is 0 Å². The smallest absolute Gasteiger partial charge is 0.154 e. The summed E-state index contributed by atoms with van der Waals surface area (Å²) in [6.45, 7) is 14.6. The largest absolute Gasteiger partial charge is 0.499 e. The molecule has 5 heteroatoms. The van der Waals surface area contributed by atoms with Crippen molar-refractivity contribution in [2.24, 2.45) is 0 Å². The van der Waals surface area contributed by atoms with Gasteiger partial charge >= 0.3 is 0 Å². The van der Waals surface area contributed by atoms with E-state index >= 15 is 0 Å². The maximum atomic E-state index is 11.1. The highest BCUT2D eigenvalue weighted by Crippen LogP contribution is 2.12. The number of hydrogen-bond donors (Lipinski definition) is 1. The molecule has 0 saturated carbocycles. The maximum Gasteiger partial charge on any atom is 0.154 e. The van der Waals surface area contributed by atoms with Gasteiger partial charge in [0.05, 0.1) is 18.8 Å². The zero-order valence-corrected chi connectivity index (χ0v) is 12.2. The van der Waals surface area contributed by atoms with Gasteiger partial charge in [0.1, 0.15) is 25.4 Å². The first kappa shape index (κ1) is 17.8. The van der Waals surface area contributed by atoms with Crippen LogP contribution in [0, 0.1) is 0 Å². The second-order valence-electron chi connectivity index (χ2n) is 4.28. The van der Waals surface area contributed by atoms with Gasteiger partial charge in [0.2, 0.25) is 0 Å². The van der Waals surface area contributed by atoms with E-state index in [1.807, 2.05) is 0 Å². The molecule has 0 rings (SSSR count). The summed E-state index contributed by atoms with van der Waals surface area (Å²) >= 11 is 0. The molecule has 0 heterocycles. The van der Waals surface area contributed by atoms with Gasteiger partial charge in [-0.25, -0.2) is 0 Å². The summed E-state index contributed by atoms with van der Waals surface area (Å²) in [5.74, 6) is -0.0529. The lowest BCUT2D eigenvalue weighted by atomic mass is 10.0. The normalized spacial score (nSPS) is 11.2. The van der Waals surface area contributed by atoms with Crippen molar-refractivity contribution < 1.29 is 19.0 Å². The monoisotopic (exact) mass is 281 g/mol. The first-order valence-corrected chi connectivity index (χ1v) is 6.14. The molecule has 0 aromatic rings. The van der Waals surface area contributed by atoms with Gasteiger partial charge in [0.15, 0.2) is 5.78 Å². The molecule has 0 bridgehead atoms. The Labute approximate surface area is 120 Å². The topological polar surface area (TPSA) is 56.8 Å². The van der Waals surface area contributed by atoms with Crippen LogP contribution in [0.15, 0.2) is 50.3 Å². The zero-order valence-electron chi connectivity index (χ0n) is 12.2. The first-order chi connectivity index (χ1) is 9.49. The zero-order chi connectivity index (χ0) is 15.4. The van der Waals surface area contributed by atoms with Crippen molar-refractivity contribution >= 4 is 5.78 Å². The van der Waals surface area contributed by atoms with Crippen LogP contribution in [0.2, 0.25) is 0 Å². The molecular formula is C15H23NO4. The van der Waals surface area contributed by atoms with Crippen molar-refractivity contribution in [2.75, 3.05) is 19.8 Å². The quantitative estimate of drug-likeness (QED) is 0.439. The summed E-state index contributed by atoms with van der Waals surface area (Å²) < 4.78 is 15.8. The molecule has 0 atom stereocenters. The van der Waals surface area contributed by atoms with E-state index in [9.17, 15) is 4.79 Å². The molecule has 0 amide bonds. The Kier molecular flexibility index (Phi) is 8.67. The molecule has 0 radical (unpaired) electrons. The van der Waals surface area contributed by atoms with E-state index in [2.05, 4.69) is 25.1 Å². The Morgan fingerprint density at radius 1 is 1.00 bits per heavy atom. The molecule has 0 aromatic heterocycles. The Morgan fingerprint density at radius 3 is 1.70 bits per heavy atom. The SMILES string of the molecule is C=COCC(COC=C)(COC=C)N/C(C)=C/C(C)=O. The number of nitrogens with one attached hydrogen (secondary N) is 1. The minimum absolute atomic E-state index is 0.0529. The summed E-state index contributed by atoms with van der Waals surface area (Å²) in [5.41, 5.74) is -0.00226. The van der Waals surface area contributed by atoms with Crippen molar-refractivity contribution in [1.29, 1.82) is 0 Å². The van der Waals surface area contributed by atoms with E-state index in [0.717, 1.165) is 0 Å². The Morgan fingerprint density at radius 2 is 1.40 bits per heavy atom. The van der Waals surface area contributed by atoms with Crippen molar-refractivity contribution in [2.45, 2.75) is 19.4 Å². The van der Waals surface area contributed by atoms with E-state index < -0.39 is 5.54 Å². The third-order valence-electron chi connectivity index (χ3n) is 2.31. The molecule has 0 aromatic carbocycles. The molecule has 0 unspecified atom stereocenters. The minimum atomic E-state index is -0.688. The number of allylic oxidation sites excluding steroid dienone is 2. The Balaban J connectivity index is 5.09. The van der Waals surface area contributed by atoms with Crippen LogP contribution >= 0.6 is 0 Å². The molecule has 0 saturated heterocycles. The number of carbonyl (C=O) groups is 1. The molecule has 0 aliphatic rings. The summed E-state index contributed by atoms with van der Waals surface area (Å²) in [6, 6.07) is 0. The summed E-state index contributed by atoms with van der Waals surface area (Å²) in [4.78, 5) is 11.1. The average Bonchev–Trinajstić information content (AvgIpc) is 2.39. The van der Waals surface area contributed by atoms with Crippen molar-refractivity contribution in [3.8, 4) is 0 Å². The number of ketones is 1. The number of rotatable bonds is 12. The van der Waals surface area contributed by atoms with Gasteiger partial charge < -0.3 is 19.5 Å². The number of ether oxygens (including phenoxy) is 3. The fourth-order valence-corrected chi connectivity index (χ4v) is 1.65. The molecule has 112 valence electrons. The van der Waals surface area contributed by atoms with Gasteiger partial charge in [-0.15, -0.1) is 0 Å². The standard InChI is InChI=1S/C15H23NO4/c1-6-18-10-15(11-19-7-2,12-20-8-3)16-13(4)9-14(5)17/h6-9,16H,1-3,10-12H2,4-5H3/b13-9+. The van der Waals surface area contributed by atoms with Crippen LogP contribution in [-0.4, -0.2) is 31.1 Å². The third-order valence-corrected chi connectivity index (χ3v) is 2.31. The predicted molar refractivity (Wildman–Crippen MR) is 78.8 cm³/mol. The van der Waals surface area contributed by atoms with Crippen LogP contribution in [-0.2, 0) is 19.0 Å². The number of hydrogen-bond acceptors (Lipinski definition) is 5. The van der Waals surface area contributed by atoms with Gasteiger partial charge in [-0.1, -0.05) is 19.7 Å². The van der Waals surface area contributed by atoms with E-state index in [1.165, 1.54) is 31.8 Å². The highest BCUT2D eigenvalue weighted by molar-refractivity contribution is 5.87. The van der Waals surface area contributed by atoms with Crippen LogP contribution in [0.25, 0.3) is 0 Å². The highest BCUT2D eigenvalue weighted by atomic mass is 16.5. The Bertz CT molecular complexity index is 343. The van der Waals surface area contributed by atoms with Gasteiger partial charge in [-0.2, -0.15) is 0 Å². The molecular weight excluding hydrogens is 258 g/mol. The van der Waals surface area contributed by atoms with Gasteiger partial charge in [0.25, 0.3) is 0 Å². The third kappa shape index (κ3) is 7.31. The highest BCUT2D eigenvalue weighted by Gasteiger charge is 2.33. The molecule has 1 N–H and O–H groups in total. The second-order valence-corrected chi connectivity index (χ2v) is 4.28. The van der Waals surface area contributed by atoms with E-state index in [4.69, 9.17) is 14.2 Å². The van der Waals surface area contributed by atoms with E-state index in [-0.39, 0.29) is 25.6 Å². The number of carbonyl (C=O) groups excluding carboxylic acids is 1. The summed E-state index contributed by atoms with van der Waals surface area (Å²) in [7, 11) is 0. The molecule has 20 heavy (non-hydrogen) atoms. The molecule has 0 spiro atoms. The van der Waals surface area contributed by atoms with Crippen LogP contribution < -0.4 is 5.32 Å². The van der Waals surface area contributed by atoms with E-state index in [0.29, 0.717) is 5.70 Å². The van der Waals surface area contributed by atoms with Crippen molar-refractivity contribution in [3.63, 3.8) is 0 Å². The lowest BCUT2D eigenvalue weighted by Crippen LogP contribution is -2.55. The van der Waals surface area contributed by atoms with Gasteiger partial charge in [-0.05, 0) is 19.9 Å². The van der Waals surface area contributed by atoms with Gasteiger partial charge in [0, 0.05) is 5.70 Å². The predicted octanol–water partition coefficient (Wildman–Crippen LogP) is 2.29. The van der Waals surface area contributed by atoms with Gasteiger partial charge in [-0.3, -0.25) is 4.79 Å². The fourth-order valence-electron chi connectivity index (χ4n) is 1.65. The van der Waals surface area contributed by atoms with Crippen LogP contribution in [0.1, 0.15) is 13.8 Å². The first-order valence-electron chi connectivity index (χ1n) is 6.14. The maximum absolute atomic E-state index is 11.1. The molecule has 5 nitrogen and oxygen atoms in total. The lowest BCUT2D eigenvalue weighted by Gasteiger charge is -2.33. The van der Waals surface area contributed by atoms with Crippen molar-refractivity contribution in [3.05, 3.63) is 50.3 Å². The molecule has 0 fully saturated rings. The lowest BCUT2D eigenvalue weighted by molar-refractivity contribution is -0.112. The fraction of sp³-hybridized carbons (Fsp3) is 0.400. The Hall–Kier alpha value is -2.17. The van der Waals surface area contributed by atoms with E-state index in [1.54, 1.807) is 6.92 Å².